The van der Waals surface area contributed by atoms with Gasteiger partial charge in [-0.15, -0.1) is 11.8 Å². The number of amides is 3. The van der Waals surface area contributed by atoms with Gasteiger partial charge < -0.3 is 9.73 Å². The second-order valence-electron chi connectivity index (χ2n) is 2.98. The SMILES string of the molecule is CCNC(=O)NC(=O)CSCc1ccco1. The first-order valence-electron chi connectivity index (χ1n) is 4.90. The number of hydrogen-bond donors (Lipinski definition) is 2. The summed E-state index contributed by atoms with van der Waals surface area (Å²) in [4.78, 5) is 22.2. The molecule has 3 amide bonds. The second-order valence-corrected chi connectivity index (χ2v) is 3.97. The van der Waals surface area contributed by atoms with Gasteiger partial charge in [0.2, 0.25) is 5.91 Å². The summed E-state index contributed by atoms with van der Waals surface area (Å²) in [5, 5.41) is 4.70. The third kappa shape index (κ3) is 4.88. The first-order valence-corrected chi connectivity index (χ1v) is 6.05. The van der Waals surface area contributed by atoms with Crippen LogP contribution in [0.15, 0.2) is 22.8 Å². The zero-order valence-electron chi connectivity index (χ0n) is 8.99. The van der Waals surface area contributed by atoms with Crippen LogP contribution >= 0.6 is 11.8 Å². The van der Waals surface area contributed by atoms with E-state index in [1.165, 1.54) is 11.8 Å². The van der Waals surface area contributed by atoms with Crippen LogP contribution in [0.2, 0.25) is 0 Å². The summed E-state index contributed by atoms with van der Waals surface area (Å²) < 4.78 is 5.10. The quantitative estimate of drug-likeness (QED) is 0.817. The molecule has 16 heavy (non-hydrogen) atoms. The lowest BCUT2D eigenvalue weighted by Crippen LogP contribution is -2.40. The predicted molar refractivity (Wildman–Crippen MR) is 62.1 cm³/mol. The number of nitrogens with one attached hydrogen (secondary N) is 2. The fourth-order valence-electron chi connectivity index (χ4n) is 1.01. The lowest BCUT2D eigenvalue weighted by Gasteiger charge is -2.03. The number of furan rings is 1. The first kappa shape index (κ1) is 12.6. The average Bonchev–Trinajstić information content (AvgIpc) is 2.70. The monoisotopic (exact) mass is 242 g/mol. The van der Waals surface area contributed by atoms with Crippen LogP contribution in [0.5, 0.6) is 0 Å². The summed E-state index contributed by atoms with van der Waals surface area (Å²) in [5.41, 5.74) is 0. The van der Waals surface area contributed by atoms with E-state index in [9.17, 15) is 9.59 Å². The fraction of sp³-hybridized carbons (Fsp3) is 0.400. The van der Waals surface area contributed by atoms with E-state index in [1.54, 1.807) is 19.3 Å². The smallest absolute Gasteiger partial charge is 0.321 e. The lowest BCUT2D eigenvalue weighted by molar-refractivity contribution is -0.117. The van der Waals surface area contributed by atoms with E-state index < -0.39 is 6.03 Å². The van der Waals surface area contributed by atoms with E-state index in [2.05, 4.69) is 10.6 Å². The van der Waals surface area contributed by atoms with Crippen molar-refractivity contribution in [2.24, 2.45) is 0 Å². The maximum absolute atomic E-state index is 11.2. The van der Waals surface area contributed by atoms with Gasteiger partial charge in [0.05, 0.1) is 17.8 Å². The average molecular weight is 242 g/mol. The highest BCUT2D eigenvalue weighted by molar-refractivity contribution is 7.99. The topological polar surface area (TPSA) is 71.3 Å². The molecule has 0 unspecified atom stereocenters. The molecule has 0 aromatic carbocycles. The molecule has 0 fully saturated rings. The molecule has 0 aliphatic rings. The van der Waals surface area contributed by atoms with Crippen LogP contribution in [0.25, 0.3) is 0 Å². The number of hydrogen-bond acceptors (Lipinski definition) is 4. The van der Waals surface area contributed by atoms with Crippen molar-refractivity contribution in [2.75, 3.05) is 12.3 Å². The zero-order valence-corrected chi connectivity index (χ0v) is 9.80. The Bertz CT molecular complexity index is 338. The van der Waals surface area contributed by atoms with Gasteiger partial charge in [0.15, 0.2) is 0 Å². The van der Waals surface area contributed by atoms with Crippen LogP contribution in [0, 0.1) is 0 Å². The number of thioether (sulfide) groups is 1. The molecule has 0 aliphatic carbocycles. The molecule has 0 saturated heterocycles. The molecule has 0 bridgehead atoms. The number of urea groups is 1. The van der Waals surface area contributed by atoms with E-state index in [-0.39, 0.29) is 11.7 Å². The zero-order chi connectivity index (χ0) is 11.8. The van der Waals surface area contributed by atoms with Crippen LogP contribution in [-0.2, 0) is 10.5 Å². The van der Waals surface area contributed by atoms with E-state index in [1.807, 2.05) is 6.07 Å². The Morgan fingerprint density at radius 1 is 1.50 bits per heavy atom. The van der Waals surface area contributed by atoms with E-state index in [0.29, 0.717) is 12.3 Å². The Labute approximate surface area is 98.0 Å². The van der Waals surface area contributed by atoms with E-state index in [0.717, 1.165) is 5.76 Å². The first-order chi connectivity index (χ1) is 7.72. The minimum atomic E-state index is -0.453. The van der Waals surface area contributed by atoms with Crippen molar-refractivity contribution in [1.29, 1.82) is 0 Å². The summed E-state index contributed by atoms with van der Waals surface area (Å²) in [7, 11) is 0. The molecule has 1 heterocycles. The second kappa shape index (κ2) is 6.95. The van der Waals surface area contributed by atoms with Crippen molar-refractivity contribution in [2.45, 2.75) is 12.7 Å². The molecule has 0 aliphatic heterocycles. The highest BCUT2D eigenvalue weighted by Crippen LogP contribution is 2.11. The highest BCUT2D eigenvalue weighted by Gasteiger charge is 2.06. The minimum absolute atomic E-state index is 0.234. The molecule has 1 rings (SSSR count). The summed E-state index contributed by atoms with van der Waals surface area (Å²) in [6.45, 7) is 2.29. The number of carbonyl (C=O) groups excluding carboxylic acids is 2. The lowest BCUT2D eigenvalue weighted by atomic mass is 10.5. The summed E-state index contributed by atoms with van der Waals surface area (Å²) in [6, 6.07) is 3.19. The predicted octanol–water partition coefficient (Wildman–Crippen LogP) is 1.36. The van der Waals surface area contributed by atoms with Crippen LogP contribution in [0.3, 0.4) is 0 Å². The van der Waals surface area contributed by atoms with Gasteiger partial charge in [-0.05, 0) is 19.1 Å². The summed E-state index contributed by atoms with van der Waals surface area (Å²) >= 11 is 1.39. The van der Waals surface area contributed by atoms with E-state index in [4.69, 9.17) is 4.42 Å². The van der Waals surface area contributed by atoms with Crippen molar-refractivity contribution in [3.8, 4) is 0 Å². The Morgan fingerprint density at radius 2 is 2.31 bits per heavy atom. The van der Waals surface area contributed by atoms with Crippen LogP contribution in [0.1, 0.15) is 12.7 Å². The molecular weight excluding hydrogens is 228 g/mol. The third-order valence-electron chi connectivity index (χ3n) is 1.65. The Morgan fingerprint density at radius 3 is 2.94 bits per heavy atom. The van der Waals surface area contributed by atoms with Gasteiger partial charge in [0.25, 0.3) is 0 Å². The van der Waals surface area contributed by atoms with Gasteiger partial charge in [-0.2, -0.15) is 0 Å². The summed E-state index contributed by atoms with van der Waals surface area (Å²) in [5.74, 6) is 1.37. The van der Waals surface area contributed by atoms with Crippen molar-refractivity contribution in [1.82, 2.24) is 10.6 Å². The molecule has 0 atom stereocenters. The summed E-state index contributed by atoms with van der Waals surface area (Å²) in [6.07, 6.45) is 1.59. The molecular formula is C10H14N2O3S. The largest absolute Gasteiger partial charge is 0.468 e. The van der Waals surface area contributed by atoms with Crippen molar-refractivity contribution < 1.29 is 14.0 Å². The maximum Gasteiger partial charge on any atom is 0.321 e. The normalized spacial score (nSPS) is 9.81. The van der Waals surface area contributed by atoms with Crippen LogP contribution in [-0.4, -0.2) is 24.2 Å². The van der Waals surface area contributed by atoms with Gasteiger partial charge >= 0.3 is 6.03 Å². The van der Waals surface area contributed by atoms with Gasteiger partial charge in [0, 0.05) is 6.54 Å². The minimum Gasteiger partial charge on any atom is -0.468 e. The maximum atomic E-state index is 11.2. The Kier molecular flexibility index (Phi) is 5.49. The van der Waals surface area contributed by atoms with Crippen molar-refractivity contribution in [3.63, 3.8) is 0 Å². The van der Waals surface area contributed by atoms with Gasteiger partial charge in [-0.3, -0.25) is 10.1 Å². The van der Waals surface area contributed by atoms with Crippen molar-refractivity contribution in [3.05, 3.63) is 24.2 Å². The third-order valence-corrected chi connectivity index (χ3v) is 2.60. The molecule has 1 aromatic rings. The molecule has 0 radical (unpaired) electrons. The fourth-order valence-corrected chi connectivity index (χ4v) is 1.73. The molecule has 2 N–H and O–H groups in total. The number of imide groups is 1. The van der Waals surface area contributed by atoms with Crippen LogP contribution in [0.4, 0.5) is 4.79 Å². The Balaban J connectivity index is 2.13. The molecule has 6 heteroatoms. The number of rotatable bonds is 5. The molecule has 88 valence electrons. The molecule has 0 spiro atoms. The molecule has 0 saturated carbocycles. The molecule has 5 nitrogen and oxygen atoms in total. The van der Waals surface area contributed by atoms with Gasteiger partial charge in [-0.25, -0.2) is 4.79 Å². The Hall–Kier alpha value is -1.43. The standard InChI is InChI=1S/C10H14N2O3S/c1-2-11-10(14)12-9(13)7-16-6-8-4-3-5-15-8/h3-5H,2,6-7H2,1H3,(H2,11,12,13,14). The van der Waals surface area contributed by atoms with Crippen molar-refractivity contribution >= 4 is 23.7 Å². The van der Waals surface area contributed by atoms with Gasteiger partial charge in [0.1, 0.15) is 5.76 Å². The number of carbonyl (C=O) groups is 2. The molecule has 1 aromatic heterocycles. The van der Waals surface area contributed by atoms with Gasteiger partial charge in [-0.1, -0.05) is 0 Å². The van der Waals surface area contributed by atoms with E-state index >= 15 is 0 Å². The van der Waals surface area contributed by atoms with Crippen LogP contribution < -0.4 is 10.6 Å². The highest BCUT2D eigenvalue weighted by atomic mass is 32.2.